The van der Waals surface area contributed by atoms with Gasteiger partial charge in [-0.05, 0) is 61.4 Å². The molecule has 0 amide bonds. The van der Waals surface area contributed by atoms with Crippen molar-refractivity contribution in [1.29, 1.82) is 0 Å². The highest BCUT2D eigenvalue weighted by Crippen LogP contribution is 2.23. The van der Waals surface area contributed by atoms with Gasteiger partial charge in [0.15, 0.2) is 6.10 Å². The second kappa shape index (κ2) is 7.85. The van der Waals surface area contributed by atoms with Crippen molar-refractivity contribution in [3.63, 3.8) is 0 Å². The first-order chi connectivity index (χ1) is 11.8. The van der Waals surface area contributed by atoms with Gasteiger partial charge in [-0.25, -0.2) is 4.98 Å². The van der Waals surface area contributed by atoms with Crippen LogP contribution < -0.4 is 9.47 Å². The molecule has 3 rings (SSSR count). The molecular weight excluding hydrogens is 298 g/mol. The van der Waals surface area contributed by atoms with Gasteiger partial charge in [-0.2, -0.15) is 0 Å². The van der Waals surface area contributed by atoms with Gasteiger partial charge in [0.25, 0.3) is 0 Å². The zero-order valence-electron chi connectivity index (χ0n) is 13.3. The lowest BCUT2D eigenvalue weighted by Gasteiger charge is -2.10. The maximum Gasteiger partial charge on any atom is 0.156 e. The Morgan fingerprint density at radius 1 is 0.792 bits per heavy atom. The van der Waals surface area contributed by atoms with E-state index < -0.39 is 0 Å². The average Bonchev–Trinajstić information content (AvgIpc) is 2.63. The maximum absolute atomic E-state index is 5.78. The zero-order valence-corrected chi connectivity index (χ0v) is 13.3. The third-order valence-corrected chi connectivity index (χ3v) is 3.18. The Kier molecular flexibility index (Phi) is 5.11. The van der Waals surface area contributed by atoms with Crippen molar-refractivity contribution in [2.24, 2.45) is 0 Å². The smallest absolute Gasteiger partial charge is 0.156 e. The Morgan fingerprint density at radius 3 is 2.17 bits per heavy atom. The lowest BCUT2D eigenvalue weighted by molar-refractivity contribution is 0.278. The zero-order chi connectivity index (χ0) is 16.6. The summed E-state index contributed by atoms with van der Waals surface area (Å²) in [6.45, 7) is 1.91. The topological polar surface area (TPSA) is 31.4 Å². The predicted octanol–water partition coefficient (Wildman–Crippen LogP) is 4.69. The van der Waals surface area contributed by atoms with Crippen LogP contribution >= 0.6 is 0 Å². The fourth-order valence-electron chi connectivity index (χ4n) is 2.06. The van der Waals surface area contributed by atoms with Gasteiger partial charge in [-0.3, -0.25) is 0 Å². The number of rotatable bonds is 4. The first-order valence-corrected chi connectivity index (χ1v) is 7.72. The highest BCUT2D eigenvalue weighted by atomic mass is 16.5. The molecule has 0 fully saturated rings. The molecule has 0 N–H and O–H groups in total. The minimum Gasteiger partial charge on any atom is -0.478 e. The normalized spacial score (nSPS) is 11.0. The van der Waals surface area contributed by atoms with E-state index in [4.69, 9.17) is 9.47 Å². The molecule has 0 spiro atoms. The molecule has 3 aromatic rings. The van der Waals surface area contributed by atoms with Crippen molar-refractivity contribution in [2.75, 3.05) is 0 Å². The van der Waals surface area contributed by atoms with Crippen molar-refractivity contribution in [2.45, 2.75) is 13.0 Å². The molecule has 0 aliphatic carbocycles. The standard InChI is InChI=1S/C21H17NO2/c1-17(10-11-18-7-5-6-16-22-18)23-20-12-14-21(15-13-20)24-19-8-3-2-4-9-19/h2-9,12-17H,1H3. The summed E-state index contributed by atoms with van der Waals surface area (Å²) in [6, 6.07) is 22.8. The molecule has 1 heterocycles. The highest BCUT2D eigenvalue weighted by molar-refractivity contribution is 5.36. The number of aromatic nitrogens is 1. The van der Waals surface area contributed by atoms with Crippen molar-refractivity contribution < 1.29 is 9.47 Å². The summed E-state index contributed by atoms with van der Waals surface area (Å²) in [7, 11) is 0. The fourth-order valence-corrected chi connectivity index (χ4v) is 2.06. The molecule has 3 heteroatoms. The minimum atomic E-state index is -0.229. The summed E-state index contributed by atoms with van der Waals surface area (Å²) in [5, 5.41) is 0. The lowest BCUT2D eigenvalue weighted by atomic mass is 10.3. The van der Waals surface area contributed by atoms with Gasteiger partial charge < -0.3 is 9.47 Å². The molecule has 2 aromatic carbocycles. The van der Waals surface area contributed by atoms with Gasteiger partial charge >= 0.3 is 0 Å². The summed E-state index contributed by atoms with van der Waals surface area (Å²) in [6.07, 6.45) is 1.49. The molecule has 0 saturated heterocycles. The minimum absolute atomic E-state index is 0.229. The van der Waals surface area contributed by atoms with Gasteiger partial charge in [0.05, 0.1) is 0 Å². The molecule has 0 bridgehead atoms. The number of hydrogen-bond donors (Lipinski definition) is 0. The predicted molar refractivity (Wildman–Crippen MR) is 94.2 cm³/mol. The molecule has 0 radical (unpaired) electrons. The molecule has 0 aliphatic rings. The van der Waals surface area contributed by atoms with E-state index in [9.17, 15) is 0 Å². The summed E-state index contributed by atoms with van der Waals surface area (Å²) < 4.78 is 11.5. The maximum atomic E-state index is 5.78. The summed E-state index contributed by atoms with van der Waals surface area (Å²) in [5.41, 5.74) is 0.736. The van der Waals surface area contributed by atoms with E-state index in [-0.39, 0.29) is 6.10 Å². The quantitative estimate of drug-likeness (QED) is 0.654. The van der Waals surface area contributed by atoms with Gasteiger partial charge in [0.1, 0.15) is 22.9 Å². The molecule has 1 atom stereocenters. The second-order valence-corrected chi connectivity index (χ2v) is 5.13. The van der Waals surface area contributed by atoms with Crippen LogP contribution in [0.1, 0.15) is 12.6 Å². The van der Waals surface area contributed by atoms with Crippen molar-refractivity contribution in [1.82, 2.24) is 4.98 Å². The van der Waals surface area contributed by atoms with Crippen LogP contribution in [0.3, 0.4) is 0 Å². The Balaban J connectivity index is 1.59. The number of para-hydroxylation sites is 1. The number of ether oxygens (including phenoxy) is 2. The van der Waals surface area contributed by atoms with Crippen molar-refractivity contribution in [3.05, 3.63) is 84.7 Å². The van der Waals surface area contributed by atoms with Gasteiger partial charge in [0, 0.05) is 6.20 Å². The van der Waals surface area contributed by atoms with Gasteiger partial charge in [-0.1, -0.05) is 30.2 Å². The van der Waals surface area contributed by atoms with Crippen LogP contribution in [0.5, 0.6) is 17.2 Å². The van der Waals surface area contributed by atoms with E-state index in [0.29, 0.717) is 0 Å². The van der Waals surface area contributed by atoms with Crippen LogP contribution in [0.4, 0.5) is 0 Å². The monoisotopic (exact) mass is 315 g/mol. The first-order valence-electron chi connectivity index (χ1n) is 7.72. The number of hydrogen-bond acceptors (Lipinski definition) is 3. The number of nitrogens with zero attached hydrogens (tertiary/aromatic N) is 1. The van der Waals surface area contributed by atoms with Crippen LogP contribution in [0.2, 0.25) is 0 Å². The van der Waals surface area contributed by atoms with Crippen LogP contribution in [0, 0.1) is 11.8 Å². The van der Waals surface area contributed by atoms with Crippen molar-refractivity contribution in [3.8, 4) is 29.1 Å². The molecule has 0 aliphatic heterocycles. The first kappa shape index (κ1) is 15.6. The summed E-state index contributed by atoms with van der Waals surface area (Å²) in [4.78, 5) is 4.16. The molecule has 3 nitrogen and oxygen atoms in total. The molecular formula is C21H17NO2. The van der Waals surface area contributed by atoms with Crippen LogP contribution in [0.25, 0.3) is 0 Å². The van der Waals surface area contributed by atoms with E-state index in [1.54, 1.807) is 6.20 Å². The number of benzene rings is 2. The summed E-state index contributed by atoms with van der Waals surface area (Å²) in [5.74, 6) is 8.35. The Morgan fingerprint density at radius 2 is 1.46 bits per heavy atom. The molecule has 1 unspecified atom stereocenters. The van der Waals surface area contributed by atoms with Crippen LogP contribution in [-0.2, 0) is 0 Å². The fraction of sp³-hybridized carbons (Fsp3) is 0.0952. The van der Waals surface area contributed by atoms with Crippen molar-refractivity contribution >= 4 is 0 Å². The molecule has 1 aromatic heterocycles. The van der Waals surface area contributed by atoms with E-state index in [2.05, 4.69) is 16.8 Å². The summed E-state index contributed by atoms with van der Waals surface area (Å²) >= 11 is 0. The Bertz CT molecular complexity index is 818. The van der Waals surface area contributed by atoms with Gasteiger partial charge in [-0.15, -0.1) is 0 Å². The Hall–Kier alpha value is -3.25. The highest BCUT2D eigenvalue weighted by Gasteiger charge is 2.01. The van der Waals surface area contributed by atoms with E-state index >= 15 is 0 Å². The van der Waals surface area contributed by atoms with Crippen LogP contribution in [0.15, 0.2) is 79.0 Å². The second-order valence-electron chi connectivity index (χ2n) is 5.13. The lowest BCUT2D eigenvalue weighted by Crippen LogP contribution is -2.08. The third-order valence-electron chi connectivity index (χ3n) is 3.18. The van der Waals surface area contributed by atoms with E-state index in [1.165, 1.54) is 0 Å². The third kappa shape index (κ3) is 4.62. The van der Waals surface area contributed by atoms with E-state index in [0.717, 1.165) is 22.9 Å². The SMILES string of the molecule is CC(C#Cc1ccccn1)Oc1ccc(Oc2ccccc2)cc1. The molecule has 24 heavy (non-hydrogen) atoms. The van der Waals surface area contributed by atoms with Crippen LogP contribution in [-0.4, -0.2) is 11.1 Å². The largest absolute Gasteiger partial charge is 0.478 e. The van der Waals surface area contributed by atoms with E-state index in [1.807, 2.05) is 79.7 Å². The number of pyridine rings is 1. The Labute approximate surface area is 141 Å². The van der Waals surface area contributed by atoms with Gasteiger partial charge in [0.2, 0.25) is 0 Å². The molecule has 118 valence electrons. The average molecular weight is 315 g/mol. The molecule has 0 saturated carbocycles.